The maximum Gasteiger partial charge on any atom is 0.262 e. The number of anilines is 1. The van der Waals surface area contributed by atoms with Gasteiger partial charge in [-0.2, -0.15) is 0 Å². The van der Waals surface area contributed by atoms with E-state index in [1.165, 1.54) is 0 Å². The second-order valence-corrected chi connectivity index (χ2v) is 5.86. The second-order valence-electron chi connectivity index (χ2n) is 5.86. The van der Waals surface area contributed by atoms with Crippen molar-refractivity contribution in [3.05, 3.63) is 24.3 Å². The van der Waals surface area contributed by atoms with Crippen molar-refractivity contribution < 1.29 is 14.6 Å². The van der Waals surface area contributed by atoms with E-state index in [1.807, 2.05) is 24.3 Å². The molecule has 1 heterocycles. The minimum Gasteiger partial charge on any atom is -0.477 e. The van der Waals surface area contributed by atoms with Gasteiger partial charge in [-0.15, -0.1) is 0 Å². The first-order chi connectivity index (χ1) is 10.3. The molecule has 0 radical (unpaired) electrons. The Morgan fingerprint density at radius 1 is 1.33 bits per heavy atom. The normalized spacial score (nSPS) is 27.4. The van der Waals surface area contributed by atoms with Crippen LogP contribution in [0.1, 0.15) is 19.3 Å². The smallest absolute Gasteiger partial charge is 0.262 e. The molecule has 1 aromatic rings. The Morgan fingerprint density at radius 2 is 2.14 bits per heavy atom. The maximum atomic E-state index is 12.2. The lowest BCUT2D eigenvalue weighted by Crippen LogP contribution is -2.46. The minimum atomic E-state index is -0.492. The Hall–Kier alpha value is -1.75. The minimum absolute atomic E-state index is 0.0828. The van der Waals surface area contributed by atoms with Gasteiger partial charge in [-0.05, 0) is 36.8 Å². The van der Waals surface area contributed by atoms with Crippen LogP contribution in [0.3, 0.4) is 0 Å². The van der Waals surface area contributed by atoms with Gasteiger partial charge < -0.3 is 20.5 Å². The summed E-state index contributed by atoms with van der Waals surface area (Å²) in [5, 5.41) is 15.5. The largest absolute Gasteiger partial charge is 0.477 e. The number of carbonyl (C=O) groups excluding carboxylic acids is 1. The van der Waals surface area contributed by atoms with Gasteiger partial charge in [0.15, 0.2) is 6.10 Å². The number of hydrogen-bond acceptors (Lipinski definition) is 4. The van der Waals surface area contributed by atoms with Gasteiger partial charge >= 0.3 is 0 Å². The van der Waals surface area contributed by atoms with Crippen LogP contribution in [0.4, 0.5) is 5.69 Å². The van der Waals surface area contributed by atoms with Gasteiger partial charge in [-0.1, -0.05) is 18.6 Å². The highest BCUT2D eigenvalue weighted by Gasteiger charge is 2.29. The van der Waals surface area contributed by atoms with E-state index in [9.17, 15) is 9.90 Å². The van der Waals surface area contributed by atoms with E-state index in [0.29, 0.717) is 24.9 Å². The number of ether oxygens (including phenoxy) is 1. The Morgan fingerprint density at radius 3 is 3.00 bits per heavy atom. The van der Waals surface area contributed by atoms with Crippen molar-refractivity contribution in [1.82, 2.24) is 5.32 Å². The molecule has 3 unspecified atom stereocenters. The number of nitrogens with one attached hydrogen (secondary N) is 2. The first-order valence-corrected chi connectivity index (χ1v) is 7.66. The number of rotatable bonds is 4. The van der Waals surface area contributed by atoms with Crippen LogP contribution >= 0.6 is 0 Å². The second kappa shape index (κ2) is 6.35. The molecule has 0 saturated heterocycles. The summed E-state index contributed by atoms with van der Waals surface area (Å²) in [6.07, 6.45) is 2.79. The van der Waals surface area contributed by atoms with Gasteiger partial charge in [-0.25, -0.2) is 0 Å². The third-order valence-corrected chi connectivity index (χ3v) is 4.52. The molecular formula is C16H22N2O3. The fourth-order valence-corrected chi connectivity index (χ4v) is 3.23. The first kappa shape index (κ1) is 14.2. The predicted molar refractivity (Wildman–Crippen MR) is 80.3 cm³/mol. The van der Waals surface area contributed by atoms with Crippen LogP contribution in [0.25, 0.3) is 0 Å². The third kappa shape index (κ3) is 3.13. The van der Waals surface area contributed by atoms with Crippen LogP contribution < -0.4 is 15.4 Å². The Kier molecular flexibility index (Phi) is 4.29. The van der Waals surface area contributed by atoms with E-state index >= 15 is 0 Å². The highest BCUT2D eigenvalue weighted by molar-refractivity contribution is 5.83. The number of aliphatic hydroxyl groups excluding tert-OH is 1. The molecule has 1 saturated carbocycles. The molecule has 1 aliphatic carbocycles. The number of fused-ring (bicyclic) bond motifs is 1. The molecule has 3 N–H and O–H groups in total. The van der Waals surface area contributed by atoms with Crippen molar-refractivity contribution >= 4 is 11.6 Å². The van der Waals surface area contributed by atoms with E-state index in [4.69, 9.17) is 4.74 Å². The Balaban J connectivity index is 1.52. The molecule has 3 atom stereocenters. The summed E-state index contributed by atoms with van der Waals surface area (Å²) < 4.78 is 5.74. The van der Waals surface area contributed by atoms with Crippen molar-refractivity contribution in [2.45, 2.75) is 25.4 Å². The van der Waals surface area contributed by atoms with Gasteiger partial charge in [0.2, 0.25) is 0 Å². The van der Waals surface area contributed by atoms with Crippen LogP contribution in [0.2, 0.25) is 0 Å². The third-order valence-electron chi connectivity index (χ3n) is 4.52. The van der Waals surface area contributed by atoms with Gasteiger partial charge in [-0.3, -0.25) is 4.79 Å². The SMILES string of the molecule is O=C(NCC1CCCC1CO)C1CNc2ccccc2O1. The molecule has 5 nitrogen and oxygen atoms in total. The van der Waals surface area contributed by atoms with E-state index in [2.05, 4.69) is 10.6 Å². The summed E-state index contributed by atoms with van der Waals surface area (Å²) in [5.74, 6) is 1.36. The summed E-state index contributed by atoms with van der Waals surface area (Å²) in [6, 6.07) is 7.63. The van der Waals surface area contributed by atoms with E-state index in [1.54, 1.807) is 0 Å². The van der Waals surface area contributed by atoms with Crippen LogP contribution in [0, 0.1) is 11.8 Å². The van der Waals surface area contributed by atoms with Crippen molar-refractivity contribution in [2.24, 2.45) is 11.8 Å². The molecule has 2 aliphatic rings. The van der Waals surface area contributed by atoms with Crippen LogP contribution in [0.5, 0.6) is 5.75 Å². The molecule has 1 aromatic carbocycles. The average Bonchev–Trinajstić information content (AvgIpc) is 2.99. The zero-order chi connectivity index (χ0) is 14.7. The fraction of sp³-hybridized carbons (Fsp3) is 0.562. The molecule has 1 aliphatic heterocycles. The topological polar surface area (TPSA) is 70.6 Å². The molecule has 1 amide bonds. The van der Waals surface area contributed by atoms with Gasteiger partial charge in [0.1, 0.15) is 5.75 Å². The molecule has 5 heteroatoms. The Bertz CT molecular complexity index is 506. The molecular weight excluding hydrogens is 268 g/mol. The monoisotopic (exact) mass is 290 g/mol. The molecule has 3 rings (SSSR count). The molecule has 114 valence electrons. The van der Waals surface area contributed by atoms with E-state index in [-0.39, 0.29) is 12.5 Å². The lowest BCUT2D eigenvalue weighted by atomic mass is 9.97. The van der Waals surface area contributed by atoms with Crippen molar-refractivity contribution in [1.29, 1.82) is 0 Å². The number of aliphatic hydroxyl groups is 1. The first-order valence-electron chi connectivity index (χ1n) is 7.66. The lowest BCUT2D eigenvalue weighted by molar-refractivity contribution is -0.127. The number of hydrogen-bond donors (Lipinski definition) is 3. The lowest BCUT2D eigenvalue weighted by Gasteiger charge is -2.27. The fourth-order valence-electron chi connectivity index (χ4n) is 3.23. The number of amides is 1. The summed E-state index contributed by atoms with van der Waals surface area (Å²) in [4.78, 5) is 12.2. The highest BCUT2D eigenvalue weighted by Crippen LogP contribution is 2.31. The van der Waals surface area contributed by atoms with Gasteiger partial charge in [0.05, 0.1) is 12.2 Å². The van der Waals surface area contributed by atoms with Crippen molar-refractivity contribution in [2.75, 3.05) is 25.0 Å². The zero-order valence-corrected chi connectivity index (χ0v) is 12.0. The Labute approximate surface area is 124 Å². The van der Waals surface area contributed by atoms with Crippen LogP contribution in [-0.4, -0.2) is 36.8 Å². The summed E-state index contributed by atoms with van der Waals surface area (Å²) >= 11 is 0. The molecule has 21 heavy (non-hydrogen) atoms. The van der Waals surface area contributed by atoms with E-state index < -0.39 is 6.10 Å². The number of para-hydroxylation sites is 2. The van der Waals surface area contributed by atoms with Crippen LogP contribution in [0.15, 0.2) is 24.3 Å². The summed E-state index contributed by atoms with van der Waals surface area (Å²) in [6.45, 7) is 1.33. The van der Waals surface area contributed by atoms with Crippen molar-refractivity contribution in [3.63, 3.8) is 0 Å². The molecule has 1 fully saturated rings. The molecule has 0 spiro atoms. The number of benzene rings is 1. The summed E-state index contributed by atoms with van der Waals surface area (Å²) in [5.41, 5.74) is 0.928. The molecule has 0 aromatic heterocycles. The predicted octanol–water partition coefficient (Wildman–Crippen LogP) is 1.38. The number of carbonyl (C=O) groups is 1. The standard InChI is InChI=1S/C16H22N2O3/c19-10-12-5-3-4-11(12)8-18-16(20)15-9-17-13-6-1-2-7-14(13)21-15/h1-2,6-7,11-12,15,17,19H,3-5,8-10H2,(H,18,20). The van der Waals surface area contributed by atoms with Crippen LogP contribution in [-0.2, 0) is 4.79 Å². The zero-order valence-electron chi connectivity index (χ0n) is 12.0. The highest BCUT2D eigenvalue weighted by atomic mass is 16.5. The van der Waals surface area contributed by atoms with Crippen molar-refractivity contribution in [3.8, 4) is 5.75 Å². The summed E-state index contributed by atoms with van der Waals surface area (Å²) in [7, 11) is 0. The average molecular weight is 290 g/mol. The quantitative estimate of drug-likeness (QED) is 0.783. The van der Waals surface area contributed by atoms with E-state index in [0.717, 1.165) is 30.7 Å². The van der Waals surface area contributed by atoms with Gasteiger partial charge in [0.25, 0.3) is 5.91 Å². The molecule has 0 bridgehead atoms. The maximum absolute atomic E-state index is 12.2. The van der Waals surface area contributed by atoms with Gasteiger partial charge in [0, 0.05) is 13.2 Å².